The first kappa shape index (κ1) is 35.9. The summed E-state index contributed by atoms with van der Waals surface area (Å²) >= 11 is 3.66. The highest BCUT2D eigenvalue weighted by Crippen LogP contribution is 2.46. The van der Waals surface area contributed by atoms with E-state index in [0.717, 1.165) is 45.6 Å². The third-order valence-corrected chi connectivity index (χ3v) is 11.4. The summed E-state index contributed by atoms with van der Waals surface area (Å²) in [7, 11) is 5.93. The van der Waals surface area contributed by atoms with Crippen molar-refractivity contribution in [1.82, 2.24) is 14.7 Å². The molecule has 7 rings (SSSR count). The van der Waals surface area contributed by atoms with E-state index in [2.05, 4.69) is 160 Å². The normalized spacial score (nSPS) is 20.7. The second-order valence-electron chi connectivity index (χ2n) is 14.0. The number of carbonyl (C=O) groups excluding carboxylic acids is 1. The molecule has 2 aliphatic rings. The minimum atomic E-state index is -0.826. The average molecular weight is 760 g/mol. The molecule has 2 saturated heterocycles. The van der Waals surface area contributed by atoms with E-state index in [9.17, 15) is 4.79 Å². The number of fused-ring (bicyclic) bond motifs is 1. The molecule has 268 valence electrons. The zero-order valence-corrected chi connectivity index (χ0v) is 31.7. The molecule has 0 aromatic heterocycles. The van der Waals surface area contributed by atoms with E-state index in [1.54, 1.807) is 7.11 Å². The van der Waals surface area contributed by atoms with Gasteiger partial charge in [-0.25, -0.2) is 4.79 Å². The van der Waals surface area contributed by atoms with Gasteiger partial charge in [-0.2, -0.15) is 0 Å². The Kier molecular flexibility index (Phi) is 11.1. The third kappa shape index (κ3) is 7.39. The fraction of sp³-hybridized carbons (Fsp3) is 0.295. The van der Waals surface area contributed by atoms with Crippen LogP contribution in [-0.2, 0) is 10.3 Å². The molecule has 5 aromatic rings. The van der Waals surface area contributed by atoms with E-state index in [-0.39, 0.29) is 30.1 Å². The van der Waals surface area contributed by atoms with E-state index >= 15 is 0 Å². The van der Waals surface area contributed by atoms with Gasteiger partial charge >= 0.3 is 6.03 Å². The van der Waals surface area contributed by atoms with Gasteiger partial charge in [-0.15, -0.1) is 0 Å². The van der Waals surface area contributed by atoms with Gasteiger partial charge in [-0.1, -0.05) is 119 Å². The SMILES string of the molecule is COc1ccc(NC(=O)N2CCC(N(C)C)CN3C(C2)C(c2ccc(Br)cc2)[C@H]3COC(c2ccccc2)(c2ccccc2)c2ccccc2)cc1. The van der Waals surface area contributed by atoms with Gasteiger partial charge in [-0.3, -0.25) is 4.90 Å². The highest BCUT2D eigenvalue weighted by atomic mass is 79.9. The van der Waals surface area contributed by atoms with E-state index < -0.39 is 5.60 Å². The Morgan fingerprint density at radius 1 is 0.788 bits per heavy atom. The first-order chi connectivity index (χ1) is 25.4. The Morgan fingerprint density at radius 2 is 1.35 bits per heavy atom. The average Bonchev–Trinajstić information content (AvgIpc) is 3.17. The van der Waals surface area contributed by atoms with Gasteiger partial charge < -0.3 is 24.6 Å². The monoisotopic (exact) mass is 758 g/mol. The number of nitrogens with one attached hydrogen (secondary N) is 1. The van der Waals surface area contributed by atoms with Crippen molar-refractivity contribution in [2.24, 2.45) is 0 Å². The van der Waals surface area contributed by atoms with E-state index in [4.69, 9.17) is 9.47 Å². The maximum absolute atomic E-state index is 14.0. The molecule has 0 radical (unpaired) electrons. The summed E-state index contributed by atoms with van der Waals surface area (Å²) in [6, 6.07) is 48.3. The van der Waals surface area contributed by atoms with Crippen LogP contribution in [0.1, 0.15) is 34.6 Å². The lowest BCUT2D eigenvalue weighted by atomic mass is 9.73. The predicted octanol–water partition coefficient (Wildman–Crippen LogP) is 8.47. The highest BCUT2D eigenvalue weighted by molar-refractivity contribution is 9.10. The van der Waals surface area contributed by atoms with Crippen LogP contribution in [-0.4, -0.2) is 86.3 Å². The van der Waals surface area contributed by atoms with Gasteiger partial charge in [0.15, 0.2) is 0 Å². The molecular weight excluding hydrogens is 712 g/mol. The summed E-state index contributed by atoms with van der Waals surface area (Å²) in [5, 5.41) is 3.16. The molecule has 0 spiro atoms. The zero-order chi connectivity index (χ0) is 36.1. The van der Waals surface area contributed by atoms with Crippen molar-refractivity contribution in [3.63, 3.8) is 0 Å². The quantitative estimate of drug-likeness (QED) is 0.145. The molecular formula is C44H47BrN4O3. The Bertz CT molecular complexity index is 1800. The number of benzene rings is 5. The van der Waals surface area contributed by atoms with Crippen LogP contribution in [0.3, 0.4) is 0 Å². The summed E-state index contributed by atoms with van der Waals surface area (Å²) in [6.45, 7) is 2.67. The summed E-state index contributed by atoms with van der Waals surface area (Å²) in [4.78, 5) is 20.9. The third-order valence-electron chi connectivity index (χ3n) is 10.9. The van der Waals surface area contributed by atoms with Gasteiger partial charge in [0.2, 0.25) is 0 Å². The summed E-state index contributed by atoms with van der Waals surface area (Å²) < 4.78 is 13.9. The lowest BCUT2D eigenvalue weighted by Gasteiger charge is -2.59. The number of urea groups is 1. The van der Waals surface area contributed by atoms with Crippen molar-refractivity contribution >= 4 is 27.6 Å². The number of likely N-dealkylation sites (N-methyl/N-ethyl adjacent to an activating group) is 1. The summed E-state index contributed by atoms with van der Waals surface area (Å²) in [5.74, 6) is 0.898. The molecule has 3 unspecified atom stereocenters. The van der Waals surface area contributed by atoms with Crippen LogP contribution in [0, 0.1) is 0 Å². The number of anilines is 1. The maximum Gasteiger partial charge on any atom is 0.321 e. The molecule has 5 aromatic carbocycles. The van der Waals surface area contributed by atoms with Crippen LogP contribution in [0.2, 0.25) is 0 Å². The van der Waals surface area contributed by atoms with Gasteiger partial charge in [0, 0.05) is 53.8 Å². The number of nitrogens with zero attached hydrogens (tertiary/aromatic N) is 3. The first-order valence-corrected chi connectivity index (χ1v) is 18.8. The van der Waals surface area contributed by atoms with Crippen LogP contribution >= 0.6 is 15.9 Å². The number of methoxy groups -OCH3 is 1. The number of hydrogen-bond acceptors (Lipinski definition) is 5. The molecule has 0 bridgehead atoms. The number of amides is 2. The maximum atomic E-state index is 14.0. The van der Waals surface area contributed by atoms with Crippen LogP contribution in [0.5, 0.6) is 5.75 Å². The lowest BCUT2D eigenvalue weighted by molar-refractivity contribution is -0.109. The molecule has 7 nitrogen and oxygen atoms in total. The molecule has 2 fully saturated rings. The van der Waals surface area contributed by atoms with Crippen molar-refractivity contribution in [2.45, 2.75) is 36.1 Å². The summed E-state index contributed by atoms with van der Waals surface area (Å²) in [5.41, 5.74) is 4.43. The van der Waals surface area contributed by atoms with Gasteiger partial charge in [0.25, 0.3) is 0 Å². The number of ether oxygens (including phenoxy) is 2. The number of rotatable bonds is 10. The first-order valence-electron chi connectivity index (χ1n) is 18.1. The van der Waals surface area contributed by atoms with Gasteiger partial charge in [-0.05, 0) is 79.2 Å². The van der Waals surface area contributed by atoms with Gasteiger partial charge in [0.05, 0.1) is 13.7 Å². The highest BCUT2D eigenvalue weighted by Gasteiger charge is 2.52. The molecule has 8 heteroatoms. The number of halogens is 1. The van der Waals surface area contributed by atoms with E-state index in [0.29, 0.717) is 19.7 Å². The van der Waals surface area contributed by atoms with Crippen LogP contribution in [0.4, 0.5) is 10.5 Å². The summed E-state index contributed by atoms with van der Waals surface area (Å²) in [6.07, 6.45) is 0.866. The molecule has 52 heavy (non-hydrogen) atoms. The van der Waals surface area contributed by atoms with Crippen LogP contribution < -0.4 is 10.1 Å². The molecule has 0 saturated carbocycles. The number of hydrogen-bond donors (Lipinski definition) is 1. The standard InChI is InChI=1S/C44H47BrN4O3/c1-47(2)38-27-28-48(43(50)46-37-23-25-39(51-3)26-24-37)30-40-42(32-19-21-36(45)22-20-32)41(49(40)29-38)31-52-44(33-13-7-4-8-14-33,34-15-9-5-10-16-34)35-17-11-6-12-18-35/h4-26,38,40-42H,27-31H2,1-3H3,(H,46,50)/t38?,40?,41-,42?/m1/s1. The molecule has 4 atom stereocenters. The largest absolute Gasteiger partial charge is 0.497 e. The fourth-order valence-electron chi connectivity index (χ4n) is 8.05. The van der Waals surface area contributed by atoms with Crippen molar-refractivity contribution in [3.05, 3.63) is 166 Å². The Balaban J connectivity index is 1.25. The van der Waals surface area contributed by atoms with Crippen molar-refractivity contribution < 1.29 is 14.3 Å². The number of carbonyl (C=O) groups is 1. The Labute approximate surface area is 316 Å². The molecule has 1 N–H and O–H groups in total. The van der Waals surface area contributed by atoms with E-state index in [1.165, 1.54) is 5.56 Å². The van der Waals surface area contributed by atoms with Crippen LogP contribution in [0.25, 0.3) is 0 Å². The Hall–Kier alpha value is -4.47. The van der Waals surface area contributed by atoms with E-state index in [1.807, 2.05) is 29.2 Å². The predicted molar refractivity (Wildman–Crippen MR) is 212 cm³/mol. The van der Waals surface area contributed by atoms with Crippen molar-refractivity contribution in [2.75, 3.05) is 52.8 Å². The Morgan fingerprint density at radius 3 is 1.87 bits per heavy atom. The van der Waals surface area contributed by atoms with Crippen LogP contribution in [0.15, 0.2) is 144 Å². The van der Waals surface area contributed by atoms with Crippen molar-refractivity contribution in [3.8, 4) is 5.75 Å². The molecule has 2 heterocycles. The minimum Gasteiger partial charge on any atom is -0.497 e. The van der Waals surface area contributed by atoms with Crippen molar-refractivity contribution in [1.29, 1.82) is 0 Å². The second kappa shape index (κ2) is 16.0. The molecule has 2 amide bonds. The van der Waals surface area contributed by atoms with Gasteiger partial charge in [0.1, 0.15) is 11.4 Å². The minimum absolute atomic E-state index is 0.0775. The lowest BCUT2D eigenvalue weighted by Crippen LogP contribution is -2.70. The molecule has 2 aliphatic heterocycles. The smallest absolute Gasteiger partial charge is 0.321 e. The zero-order valence-electron chi connectivity index (χ0n) is 30.1. The fourth-order valence-corrected chi connectivity index (χ4v) is 8.31. The molecule has 0 aliphatic carbocycles. The second-order valence-corrected chi connectivity index (χ2v) is 14.9. The topological polar surface area (TPSA) is 57.3 Å².